The van der Waals surface area contributed by atoms with Crippen LogP contribution in [0, 0.1) is 0 Å². The molecule has 0 bridgehead atoms. The maximum Gasteiger partial charge on any atom is 0.255 e. The molecule has 2 aromatic carbocycles. The fourth-order valence-corrected chi connectivity index (χ4v) is 3.26. The normalized spacial score (nSPS) is 11.7. The van der Waals surface area contributed by atoms with Crippen LogP contribution in [0.2, 0.25) is 0 Å². The molecule has 1 aromatic heterocycles. The average Bonchev–Trinajstić information content (AvgIpc) is 3.08. The number of aromatic nitrogens is 4. The lowest BCUT2D eigenvalue weighted by Crippen LogP contribution is -2.08. The molecule has 122 valence electrons. The van der Waals surface area contributed by atoms with Crippen LogP contribution >= 0.6 is 15.9 Å². The van der Waals surface area contributed by atoms with Gasteiger partial charge in [-0.05, 0) is 41.1 Å². The summed E-state index contributed by atoms with van der Waals surface area (Å²) in [6, 6.07) is 14.1. The molecule has 0 aliphatic heterocycles. The first-order chi connectivity index (χ1) is 11.5. The Balaban J connectivity index is 1.78. The van der Waals surface area contributed by atoms with Gasteiger partial charge in [-0.2, -0.15) is 5.21 Å². The smallest absolute Gasteiger partial charge is 0.255 e. The van der Waals surface area contributed by atoms with Gasteiger partial charge in [-0.3, -0.25) is 4.72 Å². The molecule has 9 heteroatoms. The molecule has 0 amide bonds. The summed E-state index contributed by atoms with van der Waals surface area (Å²) in [5.41, 5.74) is 1.84. The zero-order valence-electron chi connectivity index (χ0n) is 12.2. The van der Waals surface area contributed by atoms with Gasteiger partial charge in [0.15, 0.2) is 0 Å². The van der Waals surface area contributed by atoms with Crippen LogP contribution in [-0.2, 0) is 10.0 Å². The highest BCUT2D eigenvalue weighted by molar-refractivity contribution is 9.10. The van der Waals surface area contributed by atoms with Gasteiger partial charge in [0, 0.05) is 15.7 Å². The second kappa shape index (κ2) is 6.93. The van der Waals surface area contributed by atoms with E-state index in [-0.39, 0.29) is 0 Å². The van der Waals surface area contributed by atoms with Crippen LogP contribution in [0.4, 0.5) is 5.69 Å². The van der Waals surface area contributed by atoms with E-state index in [2.05, 4.69) is 41.3 Å². The molecule has 1 heterocycles. The van der Waals surface area contributed by atoms with Crippen molar-refractivity contribution in [2.45, 2.75) is 0 Å². The Morgan fingerprint density at radius 2 is 1.96 bits per heavy atom. The van der Waals surface area contributed by atoms with Crippen LogP contribution in [0.3, 0.4) is 0 Å². The van der Waals surface area contributed by atoms with Gasteiger partial charge >= 0.3 is 0 Å². The van der Waals surface area contributed by atoms with Gasteiger partial charge in [0.2, 0.25) is 5.82 Å². The number of rotatable bonds is 5. The Morgan fingerprint density at radius 1 is 1.12 bits per heavy atom. The zero-order valence-corrected chi connectivity index (χ0v) is 14.6. The van der Waals surface area contributed by atoms with Crippen molar-refractivity contribution in [3.63, 3.8) is 0 Å². The number of hydrogen-bond acceptors (Lipinski definition) is 5. The Morgan fingerprint density at radius 3 is 2.71 bits per heavy atom. The second-order valence-corrected chi connectivity index (χ2v) is 7.30. The summed E-state index contributed by atoms with van der Waals surface area (Å²) < 4.78 is 27.8. The highest BCUT2D eigenvalue weighted by Crippen LogP contribution is 2.20. The molecule has 0 fully saturated rings. The number of benzene rings is 2. The van der Waals surface area contributed by atoms with E-state index >= 15 is 0 Å². The zero-order chi connectivity index (χ0) is 17.0. The van der Waals surface area contributed by atoms with Crippen molar-refractivity contribution in [1.29, 1.82) is 0 Å². The number of aromatic amines is 1. The second-order valence-electron chi connectivity index (χ2n) is 4.82. The minimum absolute atomic E-state index is 0.390. The van der Waals surface area contributed by atoms with Crippen LogP contribution in [-0.4, -0.2) is 29.0 Å². The van der Waals surface area contributed by atoms with Gasteiger partial charge < -0.3 is 0 Å². The number of halogens is 1. The first kappa shape index (κ1) is 16.3. The molecule has 0 saturated heterocycles. The largest absolute Gasteiger partial charge is 0.280 e. The highest BCUT2D eigenvalue weighted by atomic mass is 79.9. The lowest BCUT2D eigenvalue weighted by Gasteiger charge is -2.05. The van der Waals surface area contributed by atoms with E-state index in [1.54, 1.807) is 24.3 Å². The molecule has 0 unspecified atom stereocenters. The first-order valence-corrected chi connectivity index (χ1v) is 9.16. The van der Waals surface area contributed by atoms with Gasteiger partial charge in [0.25, 0.3) is 10.0 Å². The summed E-state index contributed by atoms with van der Waals surface area (Å²) in [5.74, 6) is 0.390. The molecule has 0 aliphatic carbocycles. The Kier molecular flexibility index (Phi) is 4.72. The SMILES string of the molecule is O=S(=O)(/C=C/c1cccc(Br)c1)Nc1cccc(-c2nn[nH]n2)c1. The monoisotopic (exact) mass is 405 g/mol. The van der Waals surface area contributed by atoms with Crippen LogP contribution in [0.25, 0.3) is 17.5 Å². The number of nitrogens with one attached hydrogen (secondary N) is 2. The lowest BCUT2D eigenvalue weighted by atomic mass is 10.2. The molecule has 3 aromatic rings. The summed E-state index contributed by atoms with van der Waals surface area (Å²) in [6.07, 6.45) is 1.52. The van der Waals surface area contributed by atoms with Gasteiger partial charge in [-0.15, -0.1) is 10.2 Å². The number of tetrazole rings is 1. The Bertz CT molecular complexity index is 971. The van der Waals surface area contributed by atoms with Crippen LogP contribution in [0.5, 0.6) is 0 Å². The van der Waals surface area contributed by atoms with Gasteiger partial charge in [-0.25, -0.2) is 8.42 Å². The van der Waals surface area contributed by atoms with Crippen molar-refractivity contribution in [2.24, 2.45) is 0 Å². The quantitative estimate of drug-likeness (QED) is 0.679. The third kappa shape index (κ3) is 4.27. The standard InChI is InChI=1S/C15H12BrN5O2S/c16-13-5-1-3-11(9-13)7-8-24(22,23)19-14-6-2-4-12(10-14)15-17-20-21-18-15/h1-10,19H,(H,17,18,20,21)/b8-7+. The van der Waals surface area contributed by atoms with E-state index in [1.807, 2.05) is 24.3 Å². The van der Waals surface area contributed by atoms with E-state index in [4.69, 9.17) is 0 Å². The molecule has 0 aliphatic rings. The highest BCUT2D eigenvalue weighted by Gasteiger charge is 2.08. The fraction of sp³-hybridized carbons (Fsp3) is 0. The molecule has 2 N–H and O–H groups in total. The molecule has 7 nitrogen and oxygen atoms in total. The Labute approximate surface area is 147 Å². The molecule has 24 heavy (non-hydrogen) atoms. The predicted octanol–water partition coefficient (Wildman–Crippen LogP) is 3.04. The van der Waals surface area contributed by atoms with Gasteiger partial charge in [0.1, 0.15) is 0 Å². The maximum atomic E-state index is 12.2. The predicted molar refractivity (Wildman–Crippen MR) is 95.3 cm³/mol. The third-order valence-corrected chi connectivity index (χ3v) is 4.52. The minimum atomic E-state index is -3.64. The summed E-state index contributed by atoms with van der Waals surface area (Å²) in [4.78, 5) is 0. The van der Waals surface area contributed by atoms with E-state index < -0.39 is 10.0 Å². The molecule has 0 saturated carbocycles. The summed E-state index contributed by atoms with van der Waals surface area (Å²) in [5, 5.41) is 14.7. The number of hydrogen-bond donors (Lipinski definition) is 2. The van der Waals surface area contributed by atoms with E-state index in [0.29, 0.717) is 17.1 Å². The third-order valence-electron chi connectivity index (χ3n) is 3.01. The van der Waals surface area contributed by atoms with E-state index in [9.17, 15) is 8.42 Å². The van der Waals surface area contributed by atoms with Crippen molar-refractivity contribution in [2.75, 3.05) is 4.72 Å². The van der Waals surface area contributed by atoms with Crippen LogP contribution in [0.1, 0.15) is 5.56 Å². The number of anilines is 1. The molecule has 3 rings (SSSR count). The Hall–Kier alpha value is -2.52. The number of H-pyrrole nitrogens is 1. The summed E-state index contributed by atoms with van der Waals surface area (Å²) >= 11 is 3.34. The average molecular weight is 406 g/mol. The molecule has 0 radical (unpaired) electrons. The van der Waals surface area contributed by atoms with Crippen molar-refractivity contribution in [3.8, 4) is 11.4 Å². The number of sulfonamides is 1. The van der Waals surface area contributed by atoms with Crippen molar-refractivity contribution >= 4 is 37.7 Å². The summed E-state index contributed by atoms with van der Waals surface area (Å²) in [6.45, 7) is 0. The molecular weight excluding hydrogens is 394 g/mol. The lowest BCUT2D eigenvalue weighted by molar-refractivity contribution is 0.609. The minimum Gasteiger partial charge on any atom is -0.280 e. The van der Waals surface area contributed by atoms with Crippen molar-refractivity contribution in [1.82, 2.24) is 20.6 Å². The van der Waals surface area contributed by atoms with Crippen LogP contribution < -0.4 is 4.72 Å². The van der Waals surface area contributed by atoms with Crippen molar-refractivity contribution in [3.05, 3.63) is 64.0 Å². The topological polar surface area (TPSA) is 101 Å². The molecule has 0 atom stereocenters. The molecular formula is C15H12BrN5O2S. The maximum absolute atomic E-state index is 12.2. The van der Waals surface area contributed by atoms with E-state index in [0.717, 1.165) is 15.4 Å². The van der Waals surface area contributed by atoms with Crippen molar-refractivity contribution < 1.29 is 8.42 Å². The summed E-state index contributed by atoms with van der Waals surface area (Å²) in [7, 11) is -3.64. The number of nitrogens with zero attached hydrogens (tertiary/aromatic N) is 3. The van der Waals surface area contributed by atoms with E-state index in [1.165, 1.54) is 6.08 Å². The first-order valence-electron chi connectivity index (χ1n) is 6.82. The van der Waals surface area contributed by atoms with Gasteiger partial charge in [-0.1, -0.05) is 40.2 Å². The van der Waals surface area contributed by atoms with Gasteiger partial charge in [0.05, 0.1) is 5.41 Å². The van der Waals surface area contributed by atoms with Crippen LogP contribution in [0.15, 0.2) is 58.4 Å². The fourth-order valence-electron chi connectivity index (χ4n) is 1.98. The molecule has 0 spiro atoms.